The highest BCUT2D eigenvalue weighted by Crippen LogP contribution is 2.26. The predicted octanol–water partition coefficient (Wildman–Crippen LogP) is 4.24. The summed E-state index contributed by atoms with van der Waals surface area (Å²) in [6, 6.07) is 13.4. The maximum atomic E-state index is 12.9. The Hall–Kier alpha value is -2.49. The number of hydrogen-bond donors (Lipinski definition) is 2. The van der Waals surface area contributed by atoms with Gasteiger partial charge >= 0.3 is 5.97 Å². The van der Waals surface area contributed by atoms with Gasteiger partial charge in [-0.1, -0.05) is 6.42 Å². The third-order valence-corrected chi connectivity index (χ3v) is 7.35. The molecule has 0 spiro atoms. The van der Waals surface area contributed by atoms with Crippen molar-refractivity contribution in [1.82, 2.24) is 4.31 Å². The minimum Gasteiger partial charge on any atom is -0.462 e. The highest BCUT2D eigenvalue weighted by atomic mass is 32.2. The van der Waals surface area contributed by atoms with E-state index in [0.717, 1.165) is 19.3 Å². The van der Waals surface area contributed by atoms with Crippen molar-refractivity contribution in [2.45, 2.75) is 44.0 Å². The molecule has 0 amide bonds. The number of sulfonamides is 1. The summed E-state index contributed by atoms with van der Waals surface area (Å²) in [6.45, 7) is 4.60. The Bertz CT molecular complexity index is 1020. The lowest BCUT2D eigenvalue weighted by Crippen LogP contribution is -2.41. The number of nitrogens with zero attached hydrogens (tertiary/aromatic N) is 1. The molecule has 1 atom stereocenters. The third kappa shape index (κ3) is 5.81. The number of esters is 1. The van der Waals surface area contributed by atoms with Gasteiger partial charge in [0.2, 0.25) is 10.0 Å². The second-order valence-corrected chi connectivity index (χ2v) is 9.66. The maximum absolute atomic E-state index is 12.9. The van der Waals surface area contributed by atoms with Crippen LogP contribution in [-0.4, -0.2) is 43.0 Å². The van der Waals surface area contributed by atoms with Gasteiger partial charge in [0.05, 0.1) is 17.1 Å². The van der Waals surface area contributed by atoms with Crippen molar-refractivity contribution in [2.75, 3.05) is 23.8 Å². The van der Waals surface area contributed by atoms with Crippen LogP contribution in [0, 0.1) is 0 Å². The summed E-state index contributed by atoms with van der Waals surface area (Å²) >= 11 is 5.33. The molecule has 2 aromatic carbocycles. The van der Waals surface area contributed by atoms with Crippen molar-refractivity contribution in [1.29, 1.82) is 0 Å². The van der Waals surface area contributed by atoms with Crippen LogP contribution in [0.5, 0.6) is 0 Å². The summed E-state index contributed by atoms with van der Waals surface area (Å²) in [5.41, 5.74) is 1.85. The number of thiocarbonyl (C=S) groups is 1. The topological polar surface area (TPSA) is 87.7 Å². The molecule has 1 aliphatic rings. The highest BCUT2D eigenvalue weighted by Gasteiger charge is 2.30. The van der Waals surface area contributed by atoms with Crippen LogP contribution in [0.25, 0.3) is 0 Å². The molecule has 0 aliphatic carbocycles. The van der Waals surface area contributed by atoms with Crippen LogP contribution in [-0.2, 0) is 14.8 Å². The van der Waals surface area contributed by atoms with Crippen LogP contribution in [0.4, 0.5) is 11.4 Å². The maximum Gasteiger partial charge on any atom is 0.338 e. The molecule has 7 nitrogen and oxygen atoms in total. The molecule has 166 valence electrons. The number of rotatable bonds is 6. The van der Waals surface area contributed by atoms with Gasteiger partial charge in [-0.15, -0.1) is 0 Å². The van der Waals surface area contributed by atoms with E-state index in [-0.39, 0.29) is 16.9 Å². The Morgan fingerprint density at radius 3 is 2.19 bits per heavy atom. The summed E-state index contributed by atoms with van der Waals surface area (Å²) in [5, 5.41) is 6.42. The van der Waals surface area contributed by atoms with Crippen LogP contribution in [0.1, 0.15) is 43.5 Å². The number of carbonyl (C=O) groups is 1. The number of anilines is 2. The van der Waals surface area contributed by atoms with E-state index in [0.29, 0.717) is 35.2 Å². The highest BCUT2D eigenvalue weighted by molar-refractivity contribution is 7.89. The van der Waals surface area contributed by atoms with Crippen molar-refractivity contribution in [3.05, 3.63) is 54.1 Å². The van der Waals surface area contributed by atoms with Crippen LogP contribution < -0.4 is 10.6 Å². The monoisotopic (exact) mass is 461 g/mol. The fourth-order valence-corrected chi connectivity index (χ4v) is 5.41. The summed E-state index contributed by atoms with van der Waals surface area (Å²) in [6.07, 6.45) is 2.84. The number of carbonyl (C=O) groups excluding carboxylic acids is 1. The average Bonchev–Trinajstić information content (AvgIpc) is 2.75. The van der Waals surface area contributed by atoms with Gasteiger partial charge in [-0.2, -0.15) is 4.31 Å². The standard InChI is InChI=1S/C22H27N3O4S2/c1-3-29-21(26)17-7-9-18(10-8-17)23-22(30)24-19-11-13-20(14-12-19)31(27,28)25-15-5-4-6-16(25)2/h7-14,16H,3-6,15H2,1-2H3,(H2,23,24,30)/t16-/m0/s1. The SMILES string of the molecule is CCOC(=O)c1ccc(NC(=S)Nc2ccc(S(=O)(=O)N3CCCC[C@@H]3C)cc2)cc1. The Morgan fingerprint density at radius 1 is 1.06 bits per heavy atom. The molecule has 1 saturated heterocycles. The summed E-state index contributed by atoms with van der Waals surface area (Å²) in [5.74, 6) is -0.372. The number of ether oxygens (including phenoxy) is 1. The van der Waals surface area contributed by atoms with E-state index >= 15 is 0 Å². The zero-order chi connectivity index (χ0) is 22.4. The van der Waals surface area contributed by atoms with Gasteiger partial charge in [-0.3, -0.25) is 0 Å². The minimum atomic E-state index is -3.50. The van der Waals surface area contributed by atoms with Crippen LogP contribution in [0.15, 0.2) is 53.4 Å². The molecule has 31 heavy (non-hydrogen) atoms. The summed E-state index contributed by atoms with van der Waals surface area (Å²) in [4.78, 5) is 12.0. The summed E-state index contributed by atoms with van der Waals surface area (Å²) < 4.78 is 32.4. The van der Waals surface area contributed by atoms with Gasteiger partial charge in [-0.25, -0.2) is 13.2 Å². The molecule has 1 heterocycles. The van der Waals surface area contributed by atoms with Gasteiger partial charge in [0.15, 0.2) is 5.11 Å². The molecule has 1 aliphatic heterocycles. The van der Waals surface area contributed by atoms with Crippen LogP contribution >= 0.6 is 12.2 Å². The first kappa shape index (κ1) is 23.2. The van der Waals surface area contributed by atoms with E-state index in [9.17, 15) is 13.2 Å². The molecular formula is C22H27N3O4S2. The Labute approximate surface area is 188 Å². The summed E-state index contributed by atoms with van der Waals surface area (Å²) in [7, 11) is -3.50. The van der Waals surface area contributed by atoms with E-state index < -0.39 is 10.0 Å². The van der Waals surface area contributed by atoms with Crippen LogP contribution in [0.3, 0.4) is 0 Å². The molecule has 2 N–H and O–H groups in total. The first-order valence-corrected chi connectivity index (χ1v) is 12.1. The number of hydrogen-bond acceptors (Lipinski definition) is 5. The van der Waals surface area contributed by atoms with E-state index in [1.165, 1.54) is 0 Å². The lowest BCUT2D eigenvalue weighted by Gasteiger charge is -2.32. The first-order valence-electron chi connectivity index (χ1n) is 10.3. The van der Waals surface area contributed by atoms with Gasteiger partial charge in [-0.05, 0) is 87.4 Å². The minimum absolute atomic E-state index is 0.0172. The van der Waals surface area contributed by atoms with Gasteiger partial charge in [0.25, 0.3) is 0 Å². The van der Waals surface area contributed by atoms with E-state index in [4.69, 9.17) is 17.0 Å². The van der Waals surface area contributed by atoms with Crippen molar-refractivity contribution >= 4 is 44.7 Å². The predicted molar refractivity (Wildman–Crippen MR) is 126 cm³/mol. The Morgan fingerprint density at radius 2 is 1.65 bits per heavy atom. The first-order chi connectivity index (χ1) is 14.8. The lowest BCUT2D eigenvalue weighted by atomic mass is 10.1. The molecule has 1 fully saturated rings. The third-order valence-electron chi connectivity index (χ3n) is 5.11. The van der Waals surface area contributed by atoms with Gasteiger partial charge < -0.3 is 15.4 Å². The normalized spacial score (nSPS) is 17.0. The smallest absolute Gasteiger partial charge is 0.338 e. The molecule has 0 aromatic heterocycles. The molecule has 3 rings (SSSR count). The fraction of sp³-hybridized carbons (Fsp3) is 0.364. The van der Waals surface area contributed by atoms with Gasteiger partial charge in [0.1, 0.15) is 0 Å². The molecule has 0 unspecified atom stereocenters. The molecule has 0 saturated carbocycles. The van der Waals surface area contributed by atoms with E-state index in [1.807, 2.05) is 6.92 Å². The molecule has 2 aromatic rings. The Kier molecular flexibility index (Phi) is 7.64. The van der Waals surface area contributed by atoms with E-state index in [1.54, 1.807) is 59.8 Å². The number of nitrogens with one attached hydrogen (secondary N) is 2. The number of benzene rings is 2. The van der Waals surface area contributed by atoms with E-state index in [2.05, 4.69) is 10.6 Å². The second-order valence-electron chi connectivity index (χ2n) is 7.36. The molecular weight excluding hydrogens is 434 g/mol. The van der Waals surface area contributed by atoms with Crippen molar-refractivity contribution in [3.8, 4) is 0 Å². The van der Waals surface area contributed by atoms with Crippen molar-refractivity contribution < 1.29 is 17.9 Å². The van der Waals surface area contributed by atoms with Crippen molar-refractivity contribution in [2.24, 2.45) is 0 Å². The second kappa shape index (κ2) is 10.2. The molecule has 0 radical (unpaired) electrons. The van der Waals surface area contributed by atoms with Crippen molar-refractivity contribution in [3.63, 3.8) is 0 Å². The molecule has 9 heteroatoms. The average molecular weight is 462 g/mol. The van der Waals surface area contributed by atoms with Crippen LogP contribution in [0.2, 0.25) is 0 Å². The molecule has 0 bridgehead atoms. The Balaban J connectivity index is 1.60. The fourth-order valence-electron chi connectivity index (χ4n) is 3.47. The zero-order valence-electron chi connectivity index (χ0n) is 17.6. The number of piperidine rings is 1. The van der Waals surface area contributed by atoms with Gasteiger partial charge in [0, 0.05) is 24.0 Å². The zero-order valence-corrected chi connectivity index (χ0v) is 19.3. The largest absolute Gasteiger partial charge is 0.462 e. The quantitative estimate of drug-likeness (QED) is 0.491. The lowest BCUT2D eigenvalue weighted by molar-refractivity contribution is 0.0526.